The smallest absolute Gasteiger partial charge is 0.0798 e. The van der Waals surface area contributed by atoms with Crippen LogP contribution in [0.5, 0.6) is 0 Å². The maximum absolute atomic E-state index is 4.23. The molecule has 0 radical (unpaired) electrons. The van der Waals surface area contributed by atoms with Crippen LogP contribution >= 0.6 is 11.3 Å². The third-order valence-corrected chi connectivity index (χ3v) is 3.67. The van der Waals surface area contributed by atoms with Crippen LogP contribution in [0, 0.1) is 6.92 Å². The van der Waals surface area contributed by atoms with Gasteiger partial charge in [-0.05, 0) is 25.1 Å². The third kappa shape index (κ3) is 2.01. The average molecular weight is 244 g/mol. The van der Waals surface area contributed by atoms with Crippen molar-refractivity contribution in [2.24, 2.45) is 0 Å². The van der Waals surface area contributed by atoms with Crippen LogP contribution in [0.1, 0.15) is 10.6 Å². The lowest BCUT2D eigenvalue weighted by Crippen LogP contribution is -1.98. The van der Waals surface area contributed by atoms with E-state index in [1.807, 2.05) is 24.7 Å². The molecule has 0 aliphatic carbocycles. The molecule has 2 heterocycles. The van der Waals surface area contributed by atoms with E-state index < -0.39 is 0 Å². The maximum atomic E-state index is 4.23. The lowest BCUT2D eigenvalue weighted by molar-refractivity contribution is 1.12. The number of aryl methyl sites for hydroxylation is 1. The van der Waals surface area contributed by atoms with Gasteiger partial charge in [0.05, 0.1) is 29.5 Å². The Morgan fingerprint density at radius 3 is 3.18 bits per heavy atom. The van der Waals surface area contributed by atoms with Crippen LogP contribution in [-0.4, -0.2) is 15.2 Å². The van der Waals surface area contributed by atoms with E-state index in [9.17, 15) is 0 Å². The summed E-state index contributed by atoms with van der Waals surface area (Å²) in [6.45, 7) is 2.85. The summed E-state index contributed by atoms with van der Waals surface area (Å²) in [6, 6.07) is 6.18. The molecule has 0 amide bonds. The zero-order valence-corrected chi connectivity index (χ0v) is 10.2. The Morgan fingerprint density at radius 1 is 1.41 bits per heavy atom. The molecular formula is C12H12N4S. The van der Waals surface area contributed by atoms with Gasteiger partial charge in [0.2, 0.25) is 0 Å². The van der Waals surface area contributed by atoms with Crippen molar-refractivity contribution in [3.05, 3.63) is 40.5 Å². The van der Waals surface area contributed by atoms with Crippen molar-refractivity contribution in [2.75, 3.05) is 5.32 Å². The number of hydrogen-bond acceptors (Lipinski definition) is 4. The molecule has 0 bridgehead atoms. The summed E-state index contributed by atoms with van der Waals surface area (Å²) in [5.41, 5.74) is 5.15. The molecule has 0 unspecified atom stereocenters. The minimum Gasteiger partial charge on any atom is -0.380 e. The summed E-state index contributed by atoms with van der Waals surface area (Å²) in [4.78, 5) is 5.51. The standard InChI is InChI=1S/C12H12N4S/c1-8-12(17-7-14-8)6-13-10-2-3-11-9(4-10)5-15-16-11/h2-5,7,13H,6H2,1H3,(H,15,16). The van der Waals surface area contributed by atoms with E-state index in [0.717, 1.165) is 28.8 Å². The molecule has 4 nitrogen and oxygen atoms in total. The molecule has 0 fully saturated rings. The number of aromatic amines is 1. The highest BCUT2D eigenvalue weighted by molar-refractivity contribution is 7.09. The highest BCUT2D eigenvalue weighted by atomic mass is 32.1. The number of anilines is 1. The number of fused-ring (bicyclic) bond motifs is 1. The number of thiazole rings is 1. The van der Waals surface area contributed by atoms with Gasteiger partial charge in [-0.25, -0.2) is 4.98 Å². The number of rotatable bonds is 3. The average Bonchev–Trinajstić information content (AvgIpc) is 2.94. The summed E-state index contributed by atoms with van der Waals surface area (Å²) in [5.74, 6) is 0. The Kier molecular flexibility index (Phi) is 2.53. The molecule has 3 aromatic rings. The minimum atomic E-state index is 0.819. The molecule has 5 heteroatoms. The van der Waals surface area contributed by atoms with E-state index >= 15 is 0 Å². The lowest BCUT2D eigenvalue weighted by Gasteiger charge is -2.05. The topological polar surface area (TPSA) is 53.6 Å². The SMILES string of the molecule is Cc1ncsc1CNc1ccc2[nH]ncc2c1. The van der Waals surface area contributed by atoms with Gasteiger partial charge in [-0.15, -0.1) is 11.3 Å². The number of H-pyrrole nitrogens is 1. The van der Waals surface area contributed by atoms with Gasteiger partial charge in [0.25, 0.3) is 0 Å². The minimum absolute atomic E-state index is 0.819. The van der Waals surface area contributed by atoms with Crippen LogP contribution in [0.2, 0.25) is 0 Å². The van der Waals surface area contributed by atoms with Gasteiger partial charge in [-0.3, -0.25) is 5.10 Å². The van der Waals surface area contributed by atoms with E-state index in [1.54, 1.807) is 11.3 Å². The fourth-order valence-electron chi connectivity index (χ4n) is 1.73. The highest BCUT2D eigenvalue weighted by Gasteiger charge is 2.02. The Balaban J connectivity index is 1.78. The molecule has 0 atom stereocenters. The second-order valence-corrected chi connectivity index (χ2v) is 4.83. The molecule has 86 valence electrons. The number of nitrogens with zero attached hydrogens (tertiary/aromatic N) is 2. The van der Waals surface area contributed by atoms with Crippen molar-refractivity contribution in [3.63, 3.8) is 0 Å². The van der Waals surface area contributed by atoms with E-state index in [1.165, 1.54) is 4.88 Å². The molecule has 0 spiro atoms. The zero-order chi connectivity index (χ0) is 11.7. The maximum Gasteiger partial charge on any atom is 0.0798 e. The first kappa shape index (κ1) is 10.3. The lowest BCUT2D eigenvalue weighted by atomic mass is 10.2. The van der Waals surface area contributed by atoms with Crippen LogP contribution in [0.15, 0.2) is 29.9 Å². The molecule has 0 saturated heterocycles. The summed E-state index contributed by atoms with van der Waals surface area (Å²) in [5, 5.41) is 11.5. The molecule has 2 aromatic heterocycles. The molecule has 2 N–H and O–H groups in total. The summed E-state index contributed by atoms with van der Waals surface area (Å²) in [7, 11) is 0. The first-order chi connectivity index (χ1) is 8.33. The first-order valence-electron chi connectivity index (χ1n) is 5.39. The number of nitrogens with one attached hydrogen (secondary N) is 2. The van der Waals surface area contributed by atoms with Crippen LogP contribution in [0.25, 0.3) is 10.9 Å². The van der Waals surface area contributed by atoms with Crippen LogP contribution in [0.4, 0.5) is 5.69 Å². The molecule has 17 heavy (non-hydrogen) atoms. The van der Waals surface area contributed by atoms with Crippen molar-refractivity contribution in [2.45, 2.75) is 13.5 Å². The van der Waals surface area contributed by atoms with Gasteiger partial charge in [-0.1, -0.05) is 0 Å². The predicted octanol–water partition coefficient (Wildman–Crippen LogP) is 2.94. The monoisotopic (exact) mass is 244 g/mol. The van der Waals surface area contributed by atoms with Gasteiger partial charge in [0.1, 0.15) is 0 Å². The van der Waals surface area contributed by atoms with Gasteiger partial charge in [-0.2, -0.15) is 5.10 Å². The third-order valence-electron chi connectivity index (χ3n) is 2.74. The van der Waals surface area contributed by atoms with Crippen molar-refractivity contribution in [1.29, 1.82) is 0 Å². The highest BCUT2D eigenvalue weighted by Crippen LogP contribution is 2.19. The quantitative estimate of drug-likeness (QED) is 0.744. The molecule has 3 rings (SSSR count). The second kappa shape index (κ2) is 4.18. The van der Waals surface area contributed by atoms with Crippen LogP contribution in [-0.2, 0) is 6.54 Å². The Hall–Kier alpha value is -1.88. The molecule has 0 saturated carbocycles. The van der Waals surface area contributed by atoms with Crippen molar-refractivity contribution in [1.82, 2.24) is 15.2 Å². The Labute approximate surface area is 103 Å². The van der Waals surface area contributed by atoms with Crippen LogP contribution in [0.3, 0.4) is 0 Å². The summed E-state index contributed by atoms with van der Waals surface area (Å²) >= 11 is 1.68. The number of hydrogen-bond donors (Lipinski definition) is 2. The van der Waals surface area contributed by atoms with E-state index in [0.29, 0.717) is 0 Å². The first-order valence-corrected chi connectivity index (χ1v) is 6.27. The summed E-state index contributed by atoms with van der Waals surface area (Å²) in [6.07, 6.45) is 1.83. The predicted molar refractivity (Wildman–Crippen MR) is 70.3 cm³/mol. The molecule has 0 aliphatic rings. The van der Waals surface area contributed by atoms with Crippen molar-refractivity contribution in [3.8, 4) is 0 Å². The Bertz CT molecular complexity index is 641. The van der Waals surface area contributed by atoms with Gasteiger partial charge in [0.15, 0.2) is 0 Å². The van der Waals surface area contributed by atoms with E-state index in [4.69, 9.17) is 0 Å². The van der Waals surface area contributed by atoms with Crippen molar-refractivity contribution < 1.29 is 0 Å². The Morgan fingerprint density at radius 2 is 2.35 bits per heavy atom. The fraction of sp³-hybridized carbons (Fsp3) is 0.167. The normalized spacial score (nSPS) is 10.9. The zero-order valence-electron chi connectivity index (χ0n) is 9.40. The molecule has 1 aromatic carbocycles. The largest absolute Gasteiger partial charge is 0.380 e. The van der Waals surface area contributed by atoms with Crippen molar-refractivity contribution >= 4 is 27.9 Å². The number of benzene rings is 1. The van der Waals surface area contributed by atoms with Gasteiger partial charge < -0.3 is 5.32 Å². The molecular weight excluding hydrogens is 232 g/mol. The van der Waals surface area contributed by atoms with Gasteiger partial charge in [0, 0.05) is 16.0 Å². The second-order valence-electron chi connectivity index (χ2n) is 3.89. The molecule has 0 aliphatic heterocycles. The summed E-state index contributed by atoms with van der Waals surface area (Å²) < 4.78 is 0. The van der Waals surface area contributed by atoms with E-state index in [-0.39, 0.29) is 0 Å². The van der Waals surface area contributed by atoms with E-state index in [2.05, 4.69) is 32.6 Å². The fourth-order valence-corrected chi connectivity index (χ4v) is 2.45. The van der Waals surface area contributed by atoms with Crippen LogP contribution < -0.4 is 5.32 Å². The van der Waals surface area contributed by atoms with Gasteiger partial charge >= 0.3 is 0 Å². The number of aromatic nitrogens is 3.